The Labute approximate surface area is 115 Å². The van der Waals surface area contributed by atoms with Gasteiger partial charge in [0, 0.05) is 11.4 Å². The van der Waals surface area contributed by atoms with E-state index in [-0.39, 0.29) is 0 Å². The maximum Gasteiger partial charge on any atom is 0.205 e. The number of tetrazole rings is 1. The van der Waals surface area contributed by atoms with Crippen LogP contribution in [0, 0.1) is 0 Å². The van der Waals surface area contributed by atoms with Crippen molar-refractivity contribution < 1.29 is 0 Å². The summed E-state index contributed by atoms with van der Waals surface area (Å²) in [6, 6.07) is 17.5. The topological polar surface area (TPSA) is 43.6 Å². The Morgan fingerprint density at radius 2 is 1.68 bits per heavy atom. The minimum absolute atomic E-state index is 0.500. The monoisotopic (exact) mass is 270 g/mol. The first-order chi connectivity index (χ1) is 9.36. The van der Waals surface area contributed by atoms with Gasteiger partial charge in [0.25, 0.3) is 0 Å². The molecule has 2 aromatic carbocycles. The third-order valence-electron chi connectivity index (χ3n) is 2.77. The van der Waals surface area contributed by atoms with Crippen LogP contribution in [-0.2, 0) is 5.88 Å². The molecule has 1 heterocycles. The zero-order chi connectivity index (χ0) is 13.1. The van der Waals surface area contributed by atoms with Crippen molar-refractivity contribution in [2.45, 2.75) is 5.88 Å². The normalized spacial score (nSPS) is 10.6. The smallest absolute Gasteiger partial charge is 0.130 e. The quantitative estimate of drug-likeness (QED) is 0.687. The number of alkyl halides is 1. The molecule has 0 saturated carbocycles. The highest BCUT2D eigenvalue weighted by Crippen LogP contribution is 2.14. The zero-order valence-electron chi connectivity index (χ0n) is 10.1. The second kappa shape index (κ2) is 5.20. The summed E-state index contributed by atoms with van der Waals surface area (Å²) in [5.74, 6) is 1.11. The molecule has 0 radical (unpaired) electrons. The van der Waals surface area contributed by atoms with Crippen LogP contribution in [0.4, 0.5) is 0 Å². The summed E-state index contributed by atoms with van der Waals surface area (Å²) in [5.41, 5.74) is 2.88. The number of aromatic nitrogens is 4. The van der Waals surface area contributed by atoms with Crippen LogP contribution in [0.1, 0.15) is 5.56 Å². The fraction of sp³-hybridized carbons (Fsp3) is 0.0714. The van der Waals surface area contributed by atoms with Gasteiger partial charge >= 0.3 is 0 Å². The molecule has 3 aromatic rings. The van der Waals surface area contributed by atoms with Crippen LogP contribution in [0.2, 0.25) is 0 Å². The molecular formula is C14H11ClN4. The van der Waals surface area contributed by atoms with Gasteiger partial charge in [-0.25, -0.2) is 0 Å². The summed E-state index contributed by atoms with van der Waals surface area (Å²) >= 11 is 5.76. The van der Waals surface area contributed by atoms with Crippen LogP contribution in [0.25, 0.3) is 17.1 Å². The second-order valence-electron chi connectivity index (χ2n) is 4.07. The molecule has 0 aliphatic carbocycles. The summed E-state index contributed by atoms with van der Waals surface area (Å²) < 4.78 is 0. The van der Waals surface area contributed by atoms with Gasteiger partial charge in [-0.2, -0.15) is 0 Å². The van der Waals surface area contributed by atoms with Crippen molar-refractivity contribution in [2.24, 2.45) is 0 Å². The van der Waals surface area contributed by atoms with E-state index in [9.17, 15) is 0 Å². The molecule has 1 aromatic heterocycles. The summed E-state index contributed by atoms with van der Waals surface area (Å²) in [6.45, 7) is 0. The molecule has 19 heavy (non-hydrogen) atoms. The maximum absolute atomic E-state index is 5.76. The molecule has 0 saturated heterocycles. The minimum atomic E-state index is 0.500. The van der Waals surface area contributed by atoms with Gasteiger partial charge in [0.2, 0.25) is 5.82 Å². The summed E-state index contributed by atoms with van der Waals surface area (Å²) in [4.78, 5) is 1.51. The fourth-order valence-electron chi connectivity index (χ4n) is 1.74. The number of hydrogen-bond acceptors (Lipinski definition) is 3. The van der Waals surface area contributed by atoms with Crippen LogP contribution in [-0.4, -0.2) is 20.2 Å². The van der Waals surface area contributed by atoms with Gasteiger partial charge in [-0.05, 0) is 22.9 Å². The third kappa shape index (κ3) is 2.48. The number of benzene rings is 2. The largest absolute Gasteiger partial charge is 0.205 e. The molecule has 0 N–H and O–H groups in total. The molecule has 0 atom stereocenters. The zero-order valence-corrected chi connectivity index (χ0v) is 10.8. The lowest BCUT2D eigenvalue weighted by molar-refractivity contribution is 0.720. The first kappa shape index (κ1) is 11.9. The standard InChI is InChI=1S/C14H11ClN4/c15-10-11-6-8-13(9-7-11)19-17-14(16-18-19)12-4-2-1-3-5-12/h1-9H,10H2. The predicted molar refractivity (Wildman–Crippen MR) is 74.1 cm³/mol. The summed E-state index contributed by atoms with van der Waals surface area (Å²) in [5, 5.41) is 12.5. The number of hydrogen-bond donors (Lipinski definition) is 0. The van der Waals surface area contributed by atoms with E-state index >= 15 is 0 Å². The van der Waals surface area contributed by atoms with E-state index < -0.39 is 0 Å². The molecule has 94 valence electrons. The number of rotatable bonds is 3. The molecule has 0 bridgehead atoms. The molecule has 3 rings (SSSR count). The molecule has 0 amide bonds. The van der Waals surface area contributed by atoms with Crippen LogP contribution in [0.5, 0.6) is 0 Å². The Bertz CT molecular complexity index is 661. The highest BCUT2D eigenvalue weighted by atomic mass is 35.5. The first-order valence-corrected chi connectivity index (χ1v) is 6.41. The lowest BCUT2D eigenvalue weighted by Gasteiger charge is -1.99. The van der Waals surface area contributed by atoms with Crippen LogP contribution < -0.4 is 0 Å². The average molecular weight is 271 g/mol. The van der Waals surface area contributed by atoms with E-state index in [1.54, 1.807) is 0 Å². The molecule has 4 nitrogen and oxygen atoms in total. The molecular weight excluding hydrogens is 260 g/mol. The van der Waals surface area contributed by atoms with Crippen LogP contribution >= 0.6 is 11.6 Å². The Hall–Kier alpha value is -2.20. The number of nitrogens with zero attached hydrogens (tertiary/aromatic N) is 4. The SMILES string of the molecule is ClCc1ccc(-n2nnc(-c3ccccc3)n2)cc1. The van der Waals surface area contributed by atoms with Crippen molar-refractivity contribution in [1.29, 1.82) is 0 Å². The van der Waals surface area contributed by atoms with E-state index in [2.05, 4.69) is 15.4 Å². The highest BCUT2D eigenvalue weighted by molar-refractivity contribution is 6.17. The van der Waals surface area contributed by atoms with Crippen molar-refractivity contribution in [1.82, 2.24) is 20.2 Å². The average Bonchev–Trinajstić information content (AvgIpc) is 2.98. The number of halogens is 1. The Kier molecular flexibility index (Phi) is 3.25. The van der Waals surface area contributed by atoms with Gasteiger partial charge < -0.3 is 0 Å². The Morgan fingerprint density at radius 1 is 0.947 bits per heavy atom. The third-order valence-corrected chi connectivity index (χ3v) is 3.08. The van der Waals surface area contributed by atoms with Crippen molar-refractivity contribution in [2.75, 3.05) is 0 Å². The molecule has 0 spiro atoms. The molecule has 5 heteroatoms. The Morgan fingerprint density at radius 3 is 2.37 bits per heavy atom. The van der Waals surface area contributed by atoms with Gasteiger partial charge in [-0.15, -0.1) is 26.6 Å². The van der Waals surface area contributed by atoms with Crippen LogP contribution in [0.3, 0.4) is 0 Å². The molecule has 0 aliphatic heterocycles. The van der Waals surface area contributed by atoms with Gasteiger partial charge in [-0.3, -0.25) is 0 Å². The van der Waals surface area contributed by atoms with Crippen molar-refractivity contribution in [3.63, 3.8) is 0 Å². The van der Waals surface area contributed by atoms with Crippen molar-refractivity contribution in [3.8, 4) is 17.1 Å². The second-order valence-corrected chi connectivity index (χ2v) is 4.34. The Balaban J connectivity index is 1.92. The maximum atomic E-state index is 5.76. The van der Waals surface area contributed by atoms with E-state index in [0.717, 1.165) is 16.8 Å². The van der Waals surface area contributed by atoms with Crippen molar-refractivity contribution >= 4 is 11.6 Å². The van der Waals surface area contributed by atoms with E-state index in [1.807, 2.05) is 54.6 Å². The van der Waals surface area contributed by atoms with Crippen LogP contribution in [0.15, 0.2) is 54.6 Å². The first-order valence-electron chi connectivity index (χ1n) is 5.87. The minimum Gasteiger partial charge on any atom is -0.130 e. The van der Waals surface area contributed by atoms with Gasteiger partial charge in [0.15, 0.2) is 0 Å². The predicted octanol–water partition coefficient (Wildman–Crippen LogP) is 3.07. The summed E-state index contributed by atoms with van der Waals surface area (Å²) in [6.07, 6.45) is 0. The van der Waals surface area contributed by atoms with Gasteiger partial charge in [-0.1, -0.05) is 42.5 Å². The summed E-state index contributed by atoms with van der Waals surface area (Å²) in [7, 11) is 0. The van der Waals surface area contributed by atoms with Crippen molar-refractivity contribution in [3.05, 3.63) is 60.2 Å². The van der Waals surface area contributed by atoms with E-state index in [1.165, 1.54) is 4.80 Å². The molecule has 0 unspecified atom stereocenters. The molecule has 0 aliphatic rings. The van der Waals surface area contributed by atoms with E-state index in [4.69, 9.17) is 11.6 Å². The molecule has 0 fully saturated rings. The van der Waals surface area contributed by atoms with Gasteiger partial charge in [0.1, 0.15) is 0 Å². The lowest BCUT2D eigenvalue weighted by atomic mass is 10.2. The lowest BCUT2D eigenvalue weighted by Crippen LogP contribution is -1.98. The van der Waals surface area contributed by atoms with Gasteiger partial charge in [0.05, 0.1) is 5.69 Å². The van der Waals surface area contributed by atoms with E-state index in [0.29, 0.717) is 11.7 Å². The fourth-order valence-corrected chi connectivity index (χ4v) is 1.92. The highest BCUT2D eigenvalue weighted by Gasteiger charge is 2.06.